The number of anilines is 1. The monoisotopic (exact) mass is 310 g/mol. The van der Waals surface area contributed by atoms with E-state index in [1.165, 1.54) is 0 Å². The van der Waals surface area contributed by atoms with Crippen molar-refractivity contribution in [2.24, 2.45) is 7.05 Å². The van der Waals surface area contributed by atoms with Gasteiger partial charge in [0.1, 0.15) is 11.4 Å². The van der Waals surface area contributed by atoms with Crippen molar-refractivity contribution in [2.45, 2.75) is 58.4 Å². The Balaban J connectivity index is 1.97. The fourth-order valence-electron chi connectivity index (χ4n) is 2.41. The molecule has 124 valence electrons. The Labute approximate surface area is 131 Å². The molecule has 1 aliphatic heterocycles. The van der Waals surface area contributed by atoms with E-state index in [2.05, 4.69) is 22.7 Å². The quantitative estimate of drug-likeness (QED) is 0.890. The first-order valence-corrected chi connectivity index (χ1v) is 7.62. The highest BCUT2D eigenvalue weighted by Gasteiger charge is 2.24. The SMILES string of the molecule is CC1OCCC1NCc1cnn(C)c1NC(=O)OC(C)(C)C. The Morgan fingerprint density at radius 2 is 2.27 bits per heavy atom. The highest BCUT2D eigenvalue weighted by Crippen LogP contribution is 2.18. The molecule has 7 nitrogen and oxygen atoms in total. The average Bonchev–Trinajstić information content (AvgIpc) is 2.93. The molecule has 0 bridgehead atoms. The van der Waals surface area contributed by atoms with Gasteiger partial charge in [0.25, 0.3) is 0 Å². The van der Waals surface area contributed by atoms with Gasteiger partial charge >= 0.3 is 6.09 Å². The van der Waals surface area contributed by atoms with Gasteiger partial charge in [0.2, 0.25) is 0 Å². The first kappa shape index (κ1) is 16.8. The lowest BCUT2D eigenvalue weighted by atomic mass is 10.1. The predicted molar refractivity (Wildman–Crippen MR) is 83.7 cm³/mol. The molecule has 1 amide bonds. The minimum absolute atomic E-state index is 0.207. The second-order valence-electron chi connectivity index (χ2n) is 6.62. The van der Waals surface area contributed by atoms with Gasteiger partial charge in [-0.3, -0.25) is 10.00 Å². The van der Waals surface area contributed by atoms with Crippen molar-refractivity contribution >= 4 is 11.9 Å². The minimum Gasteiger partial charge on any atom is -0.444 e. The molecule has 2 unspecified atom stereocenters. The molecule has 2 rings (SSSR count). The van der Waals surface area contributed by atoms with E-state index in [1.54, 1.807) is 17.9 Å². The summed E-state index contributed by atoms with van der Waals surface area (Å²) in [5.74, 6) is 0.647. The van der Waals surface area contributed by atoms with E-state index in [4.69, 9.17) is 9.47 Å². The van der Waals surface area contributed by atoms with Crippen LogP contribution in [0.15, 0.2) is 6.20 Å². The summed E-state index contributed by atoms with van der Waals surface area (Å²) in [6.45, 7) is 8.97. The molecule has 0 spiro atoms. The fraction of sp³-hybridized carbons (Fsp3) is 0.733. The van der Waals surface area contributed by atoms with Crippen LogP contribution in [0.2, 0.25) is 0 Å². The van der Waals surface area contributed by atoms with E-state index in [0.29, 0.717) is 18.4 Å². The van der Waals surface area contributed by atoms with Gasteiger partial charge in [0.15, 0.2) is 0 Å². The number of amides is 1. The van der Waals surface area contributed by atoms with Gasteiger partial charge in [-0.25, -0.2) is 4.79 Å². The van der Waals surface area contributed by atoms with Gasteiger partial charge in [-0.05, 0) is 34.1 Å². The number of hydrogen-bond donors (Lipinski definition) is 2. The first-order valence-electron chi connectivity index (χ1n) is 7.62. The maximum Gasteiger partial charge on any atom is 0.413 e. The fourth-order valence-corrected chi connectivity index (χ4v) is 2.41. The van der Waals surface area contributed by atoms with Crippen molar-refractivity contribution in [1.82, 2.24) is 15.1 Å². The summed E-state index contributed by atoms with van der Waals surface area (Å²) < 4.78 is 12.5. The molecule has 2 N–H and O–H groups in total. The van der Waals surface area contributed by atoms with Crippen LogP contribution in [0, 0.1) is 0 Å². The number of rotatable bonds is 4. The number of hydrogen-bond acceptors (Lipinski definition) is 5. The average molecular weight is 310 g/mol. The van der Waals surface area contributed by atoms with E-state index in [-0.39, 0.29) is 6.10 Å². The van der Waals surface area contributed by atoms with Gasteiger partial charge in [0, 0.05) is 31.8 Å². The van der Waals surface area contributed by atoms with Crippen LogP contribution < -0.4 is 10.6 Å². The van der Waals surface area contributed by atoms with Crippen molar-refractivity contribution in [3.05, 3.63) is 11.8 Å². The van der Waals surface area contributed by atoms with E-state index < -0.39 is 11.7 Å². The molecule has 0 aromatic carbocycles. The van der Waals surface area contributed by atoms with Crippen LogP contribution in [-0.2, 0) is 23.1 Å². The number of ether oxygens (including phenoxy) is 2. The lowest BCUT2D eigenvalue weighted by molar-refractivity contribution is 0.0634. The van der Waals surface area contributed by atoms with E-state index in [9.17, 15) is 4.79 Å². The van der Waals surface area contributed by atoms with Crippen molar-refractivity contribution in [3.8, 4) is 0 Å². The predicted octanol–water partition coefficient (Wildman–Crippen LogP) is 2.03. The van der Waals surface area contributed by atoms with Gasteiger partial charge < -0.3 is 14.8 Å². The molecule has 7 heteroatoms. The summed E-state index contributed by atoms with van der Waals surface area (Å²) in [4.78, 5) is 11.9. The van der Waals surface area contributed by atoms with Gasteiger partial charge in [-0.2, -0.15) is 5.10 Å². The number of aryl methyl sites for hydroxylation is 1. The van der Waals surface area contributed by atoms with Crippen LogP contribution in [0.4, 0.5) is 10.6 Å². The zero-order valence-electron chi connectivity index (χ0n) is 14.0. The second kappa shape index (κ2) is 6.66. The van der Waals surface area contributed by atoms with Gasteiger partial charge in [-0.15, -0.1) is 0 Å². The van der Waals surface area contributed by atoms with E-state index in [1.807, 2.05) is 20.8 Å². The lowest BCUT2D eigenvalue weighted by Gasteiger charge is -2.20. The van der Waals surface area contributed by atoms with Crippen LogP contribution in [0.1, 0.15) is 39.7 Å². The number of nitrogens with zero attached hydrogens (tertiary/aromatic N) is 2. The molecule has 1 fully saturated rings. The molecule has 1 aromatic heterocycles. The summed E-state index contributed by atoms with van der Waals surface area (Å²) in [6.07, 6.45) is 2.48. The van der Waals surface area contributed by atoms with Crippen LogP contribution in [0.25, 0.3) is 0 Å². The second-order valence-corrected chi connectivity index (χ2v) is 6.62. The molecular formula is C15H26N4O3. The smallest absolute Gasteiger partial charge is 0.413 e. The van der Waals surface area contributed by atoms with Crippen molar-refractivity contribution < 1.29 is 14.3 Å². The topological polar surface area (TPSA) is 77.4 Å². The molecule has 2 atom stereocenters. The number of carbonyl (C=O) groups is 1. The number of aromatic nitrogens is 2. The van der Waals surface area contributed by atoms with Crippen LogP contribution in [0.5, 0.6) is 0 Å². The highest BCUT2D eigenvalue weighted by molar-refractivity contribution is 5.84. The van der Waals surface area contributed by atoms with E-state index in [0.717, 1.165) is 18.6 Å². The molecule has 1 aromatic rings. The summed E-state index contributed by atoms with van der Waals surface area (Å²) in [5, 5.41) is 10.4. The third-order valence-corrected chi connectivity index (χ3v) is 3.56. The van der Waals surface area contributed by atoms with Gasteiger partial charge in [0.05, 0.1) is 12.3 Å². The third-order valence-electron chi connectivity index (χ3n) is 3.56. The Kier molecular flexibility index (Phi) is 5.08. The molecular weight excluding hydrogens is 284 g/mol. The van der Waals surface area contributed by atoms with Crippen molar-refractivity contribution in [3.63, 3.8) is 0 Å². The zero-order valence-corrected chi connectivity index (χ0v) is 14.0. The summed E-state index contributed by atoms with van der Waals surface area (Å²) in [5.41, 5.74) is 0.394. The van der Waals surface area contributed by atoms with Crippen molar-refractivity contribution in [2.75, 3.05) is 11.9 Å². The largest absolute Gasteiger partial charge is 0.444 e. The van der Waals surface area contributed by atoms with Gasteiger partial charge in [-0.1, -0.05) is 0 Å². The molecule has 1 saturated heterocycles. The summed E-state index contributed by atoms with van der Waals surface area (Å²) in [7, 11) is 1.79. The normalized spacial score (nSPS) is 21.9. The molecule has 1 aliphatic rings. The molecule has 0 aliphatic carbocycles. The first-order chi connectivity index (χ1) is 10.3. The zero-order chi connectivity index (χ0) is 16.3. The Hall–Kier alpha value is -1.60. The standard InChI is InChI=1S/C15H26N4O3/c1-10-12(6-7-21-10)16-8-11-9-17-19(5)13(11)18-14(20)22-15(2,3)4/h9-10,12,16H,6-8H2,1-5H3,(H,18,20). The molecule has 0 saturated carbocycles. The lowest BCUT2D eigenvalue weighted by Crippen LogP contribution is -2.34. The maximum absolute atomic E-state index is 11.9. The summed E-state index contributed by atoms with van der Waals surface area (Å²) >= 11 is 0. The van der Waals surface area contributed by atoms with Crippen LogP contribution in [-0.4, -0.2) is 40.2 Å². The van der Waals surface area contributed by atoms with Crippen LogP contribution in [0.3, 0.4) is 0 Å². The van der Waals surface area contributed by atoms with E-state index >= 15 is 0 Å². The number of carbonyl (C=O) groups excluding carboxylic acids is 1. The Morgan fingerprint density at radius 1 is 1.55 bits per heavy atom. The number of nitrogens with one attached hydrogen (secondary N) is 2. The minimum atomic E-state index is -0.530. The van der Waals surface area contributed by atoms with Crippen molar-refractivity contribution in [1.29, 1.82) is 0 Å². The maximum atomic E-state index is 11.9. The summed E-state index contributed by atoms with van der Waals surface area (Å²) in [6, 6.07) is 0.328. The Bertz CT molecular complexity index is 521. The van der Waals surface area contributed by atoms with Crippen LogP contribution >= 0.6 is 0 Å². The molecule has 0 radical (unpaired) electrons. The molecule has 22 heavy (non-hydrogen) atoms. The Morgan fingerprint density at radius 3 is 2.86 bits per heavy atom. The highest BCUT2D eigenvalue weighted by atomic mass is 16.6. The third kappa shape index (κ3) is 4.45. The molecule has 2 heterocycles.